The summed E-state index contributed by atoms with van der Waals surface area (Å²) in [6.45, 7) is 5.80. The van der Waals surface area contributed by atoms with E-state index in [1.165, 1.54) is 0 Å². The Morgan fingerprint density at radius 3 is 2.00 bits per heavy atom. The molecule has 0 unspecified atom stereocenters. The quantitative estimate of drug-likeness (QED) is 0.0903. The first-order chi connectivity index (χ1) is 28.4. The van der Waals surface area contributed by atoms with Gasteiger partial charge in [0.05, 0.1) is 31.4 Å². The number of rotatable bonds is 13. The fraction of sp³-hybridized carbons (Fsp3) is 0.174. The number of hydrogen-bond donors (Lipinski definition) is 1. The second-order valence-electron chi connectivity index (χ2n) is 13.7. The molecular formula is C46H40BrN7O4. The summed E-state index contributed by atoms with van der Waals surface area (Å²) < 4.78 is 13.5. The number of nitrogens with zero attached hydrogens (tertiary/aromatic N) is 6. The molecule has 0 spiro atoms. The van der Waals surface area contributed by atoms with Gasteiger partial charge in [-0.25, -0.2) is 4.98 Å². The number of halogens is 1. The van der Waals surface area contributed by atoms with Crippen LogP contribution in [0, 0.1) is 6.92 Å². The molecule has 1 N–H and O–H groups in total. The minimum absolute atomic E-state index is 0.223. The Morgan fingerprint density at radius 2 is 1.40 bits per heavy atom. The van der Waals surface area contributed by atoms with Crippen LogP contribution in [0.2, 0.25) is 0 Å². The molecule has 11 nitrogen and oxygen atoms in total. The minimum Gasteiger partial charge on any atom is -0.472 e. The average Bonchev–Trinajstić information content (AvgIpc) is 3.96. The molecule has 1 aliphatic carbocycles. The zero-order valence-corrected chi connectivity index (χ0v) is 33.8. The highest BCUT2D eigenvalue weighted by atomic mass is 79.9. The zero-order chi connectivity index (χ0) is 40.2. The summed E-state index contributed by atoms with van der Waals surface area (Å²) >= 11 is 3.95. The van der Waals surface area contributed by atoms with Crippen molar-refractivity contribution < 1.29 is 18.7 Å². The van der Waals surface area contributed by atoms with Gasteiger partial charge < -0.3 is 19.0 Å². The largest absolute Gasteiger partial charge is 0.472 e. The van der Waals surface area contributed by atoms with E-state index in [0.29, 0.717) is 30.2 Å². The molecule has 2 aliphatic rings. The third-order valence-electron chi connectivity index (χ3n) is 10.4. The normalized spacial score (nSPS) is 11.5. The monoisotopic (exact) mass is 833 g/mol. The zero-order valence-electron chi connectivity index (χ0n) is 32.2. The van der Waals surface area contributed by atoms with Crippen LogP contribution in [-0.2, 0) is 28.0 Å². The van der Waals surface area contributed by atoms with Gasteiger partial charge in [-0.2, -0.15) is 0 Å². The van der Waals surface area contributed by atoms with Gasteiger partial charge in [0, 0.05) is 27.6 Å². The van der Waals surface area contributed by atoms with Crippen LogP contribution in [0.15, 0.2) is 143 Å². The van der Waals surface area contributed by atoms with E-state index < -0.39 is 17.4 Å². The maximum absolute atomic E-state index is 13.7. The van der Waals surface area contributed by atoms with Crippen molar-refractivity contribution in [3.63, 3.8) is 0 Å². The summed E-state index contributed by atoms with van der Waals surface area (Å²) in [5.41, 5.74) is 8.13. The molecule has 58 heavy (non-hydrogen) atoms. The van der Waals surface area contributed by atoms with Crippen molar-refractivity contribution in [1.82, 2.24) is 35.1 Å². The van der Waals surface area contributed by atoms with Gasteiger partial charge in [-0.15, -0.1) is 15.0 Å². The number of nitrogens with one attached hydrogen (secondary N) is 1. The van der Waals surface area contributed by atoms with Crippen molar-refractivity contribution in [2.75, 3.05) is 13.2 Å². The highest BCUT2D eigenvalue weighted by molar-refractivity contribution is 9.10. The summed E-state index contributed by atoms with van der Waals surface area (Å²) in [6.07, 6.45) is 3.93. The van der Waals surface area contributed by atoms with Crippen molar-refractivity contribution >= 4 is 27.8 Å². The average molecular weight is 835 g/mol. The van der Waals surface area contributed by atoms with Crippen molar-refractivity contribution in [2.24, 2.45) is 0 Å². The number of amides is 1. The molecular weight excluding hydrogens is 794 g/mol. The summed E-state index contributed by atoms with van der Waals surface area (Å²) in [5.74, 6) is 0.238. The number of tetrazole rings is 1. The molecule has 1 amide bonds. The molecule has 0 atom stereocenters. The second-order valence-corrected chi connectivity index (χ2v) is 14.5. The van der Waals surface area contributed by atoms with Crippen molar-refractivity contribution in [3.05, 3.63) is 178 Å². The first-order valence-corrected chi connectivity index (χ1v) is 19.9. The SMILES string of the molecule is CCOC(=O)CNC(=O)c1c(C)nc(CC)n1Cc1c2ccocc-2c(Br)c1-c1ccccc1-c1nnn(C(c2ccccc2)(c2ccccc2)c2ccccc2)n1. The van der Waals surface area contributed by atoms with E-state index >= 15 is 0 Å². The number of esters is 1. The summed E-state index contributed by atoms with van der Waals surface area (Å²) in [6, 6.07) is 40.6. The number of carbonyl (C=O) groups excluding carboxylic acids is 2. The van der Waals surface area contributed by atoms with E-state index in [1.807, 2.05) is 96.4 Å². The number of carbonyl (C=O) groups is 2. The molecule has 0 bridgehead atoms. The number of imidazole rings is 1. The standard InChI is InChI=1S/C46H40BrN7O4/c1-4-39-49-30(3)43(45(56)48-27-40(55)58-5-2)53(39)28-37-34-25-26-57-29-38(34)42(47)41(37)35-23-15-16-24-36(35)44-50-52-54(51-44)46(31-17-9-6-10-18-31,32-19-11-7-12-20-32)33-21-13-8-14-22-33/h6-26,29H,4-5,27-28H2,1-3H3,(H,48,56). The maximum Gasteiger partial charge on any atom is 0.325 e. The van der Waals surface area contributed by atoms with E-state index in [0.717, 1.165) is 60.4 Å². The van der Waals surface area contributed by atoms with Gasteiger partial charge in [-0.05, 0) is 74.4 Å². The van der Waals surface area contributed by atoms with Crippen LogP contribution in [0.3, 0.4) is 0 Å². The predicted octanol–water partition coefficient (Wildman–Crippen LogP) is 8.72. The summed E-state index contributed by atoms with van der Waals surface area (Å²) in [7, 11) is 0. The molecule has 12 heteroatoms. The highest BCUT2D eigenvalue weighted by Gasteiger charge is 2.41. The van der Waals surface area contributed by atoms with Crippen LogP contribution in [0.5, 0.6) is 0 Å². The van der Waals surface area contributed by atoms with Gasteiger partial charge in [0.2, 0.25) is 5.82 Å². The third-order valence-corrected chi connectivity index (χ3v) is 11.2. The molecule has 1 aliphatic heterocycles. The van der Waals surface area contributed by atoms with Crippen LogP contribution >= 0.6 is 15.9 Å². The first-order valence-electron chi connectivity index (χ1n) is 19.1. The molecule has 0 saturated heterocycles. The Labute approximate surface area is 344 Å². The number of aromatic nitrogens is 6. The van der Waals surface area contributed by atoms with Gasteiger partial charge >= 0.3 is 5.97 Å². The van der Waals surface area contributed by atoms with E-state index in [1.54, 1.807) is 31.2 Å². The van der Waals surface area contributed by atoms with Crippen molar-refractivity contribution in [1.29, 1.82) is 0 Å². The number of aryl methyl sites for hydroxylation is 2. The number of hydrogen-bond acceptors (Lipinski definition) is 8. The number of benzene rings is 4. The topological polar surface area (TPSA) is 130 Å². The smallest absolute Gasteiger partial charge is 0.325 e. The minimum atomic E-state index is -0.952. The van der Waals surface area contributed by atoms with E-state index in [4.69, 9.17) is 29.5 Å². The fourth-order valence-corrected chi connectivity index (χ4v) is 8.62. The Bertz CT molecular complexity index is 2570. The second kappa shape index (κ2) is 16.4. The van der Waals surface area contributed by atoms with E-state index in [2.05, 4.69) is 57.6 Å². The van der Waals surface area contributed by atoms with Crippen LogP contribution < -0.4 is 5.32 Å². The molecule has 8 rings (SSSR count). The van der Waals surface area contributed by atoms with Gasteiger partial charge in [-0.3, -0.25) is 9.59 Å². The van der Waals surface area contributed by atoms with Crippen molar-refractivity contribution in [3.8, 4) is 33.6 Å². The highest BCUT2D eigenvalue weighted by Crippen LogP contribution is 2.49. The summed E-state index contributed by atoms with van der Waals surface area (Å²) in [4.78, 5) is 32.4. The van der Waals surface area contributed by atoms with Gasteiger partial charge in [-0.1, -0.05) is 122 Å². The Balaban J connectivity index is 1.29. The molecule has 2 aromatic heterocycles. The van der Waals surface area contributed by atoms with Crippen LogP contribution in [-0.4, -0.2) is 54.8 Å². The first kappa shape index (κ1) is 38.2. The molecule has 0 radical (unpaired) electrons. The van der Waals surface area contributed by atoms with E-state index in [-0.39, 0.29) is 13.2 Å². The Kier molecular flexibility index (Phi) is 10.8. The van der Waals surface area contributed by atoms with Crippen LogP contribution in [0.1, 0.15) is 58.1 Å². The lowest BCUT2D eigenvalue weighted by molar-refractivity contribution is -0.141. The van der Waals surface area contributed by atoms with Crippen LogP contribution in [0.25, 0.3) is 33.6 Å². The molecule has 0 saturated carbocycles. The van der Waals surface area contributed by atoms with E-state index in [9.17, 15) is 9.59 Å². The lowest BCUT2D eigenvalue weighted by Gasteiger charge is -2.34. The Morgan fingerprint density at radius 1 is 0.793 bits per heavy atom. The third kappa shape index (κ3) is 6.79. The molecule has 3 heterocycles. The molecule has 290 valence electrons. The maximum atomic E-state index is 13.7. The van der Waals surface area contributed by atoms with Crippen LogP contribution in [0.4, 0.5) is 0 Å². The molecule has 4 aromatic carbocycles. The molecule has 0 fully saturated rings. The van der Waals surface area contributed by atoms with Gasteiger partial charge in [0.15, 0.2) is 5.54 Å². The number of ether oxygens (including phenoxy) is 1. The molecule has 6 aromatic rings. The van der Waals surface area contributed by atoms with Gasteiger partial charge in [0.25, 0.3) is 5.91 Å². The lowest BCUT2D eigenvalue weighted by atomic mass is 9.77. The summed E-state index contributed by atoms with van der Waals surface area (Å²) in [5, 5.41) is 17.6. The lowest BCUT2D eigenvalue weighted by Crippen LogP contribution is -2.39. The predicted molar refractivity (Wildman–Crippen MR) is 224 cm³/mol. The Hall–Kier alpha value is -6.66. The van der Waals surface area contributed by atoms with Crippen molar-refractivity contribution in [2.45, 2.75) is 39.3 Å². The fourth-order valence-electron chi connectivity index (χ4n) is 7.86. The number of fused-ring (bicyclic) bond motifs is 1. The van der Waals surface area contributed by atoms with Gasteiger partial charge in [0.1, 0.15) is 18.1 Å².